The van der Waals surface area contributed by atoms with Crippen molar-refractivity contribution in [3.63, 3.8) is 0 Å². The highest BCUT2D eigenvalue weighted by atomic mass is 16.5. The molecule has 1 heterocycles. The van der Waals surface area contributed by atoms with Gasteiger partial charge >= 0.3 is 0 Å². The third kappa shape index (κ3) is 2.05. The molecule has 0 bridgehead atoms. The summed E-state index contributed by atoms with van der Waals surface area (Å²) in [5.41, 5.74) is -0.925. The number of morpholine rings is 1. The molecule has 1 fully saturated rings. The number of hydrogen-bond acceptors (Lipinski definition) is 3. The Morgan fingerprint density at radius 3 is 2.79 bits per heavy atom. The quantitative estimate of drug-likeness (QED) is 0.623. The molecule has 1 saturated heterocycles. The summed E-state index contributed by atoms with van der Waals surface area (Å²) in [5, 5.41) is 8.85. The fourth-order valence-electron chi connectivity index (χ4n) is 1.44. The van der Waals surface area contributed by atoms with Gasteiger partial charge < -0.3 is 9.64 Å². The van der Waals surface area contributed by atoms with E-state index in [0.29, 0.717) is 19.8 Å². The minimum atomic E-state index is -0.925. The molecule has 0 N–H and O–H groups in total. The van der Waals surface area contributed by atoms with Gasteiger partial charge in [-0.3, -0.25) is 4.79 Å². The number of carbonyl (C=O) groups excluding carboxylic acids is 1. The average molecular weight is 196 g/mol. The molecule has 0 aromatic heterocycles. The molecule has 14 heavy (non-hydrogen) atoms. The van der Waals surface area contributed by atoms with Crippen molar-refractivity contribution in [1.82, 2.24) is 4.90 Å². The van der Waals surface area contributed by atoms with Crippen LogP contribution in [0.1, 0.15) is 20.8 Å². The molecule has 4 heteroatoms. The van der Waals surface area contributed by atoms with E-state index in [4.69, 9.17) is 10.00 Å². The van der Waals surface area contributed by atoms with Crippen molar-refractivity contribution in [2.45, 2.75) is 26.8 Å². The van der Waals surface area contributed by atoms with Crippen LogP contribution in [0.4, 0.5) is 0 Å². The van der Waals surface area contributed by atoms with Gasteiger partial charge in [-0.25, -0.2) is 0 Å². The lowest BCUT2D eigenvalue weighted by Gasteiger charge is -2.36. The molecule has 0 spiro atoms. The first-order valence-electron chi connectivity index (χ1n) is 4.79. The average Bonchev–Trinajstić information content (AvgIpc) is 2.17. The van der Waals surface area contributed by atoms with Gasteiger partial charge in [-0.1, -0.05) is 0 Å². The molecule has 1 aliphatic heterocycles. The van der Waals surface area contributed by atoms with Gasteiger partial charge in [-0.2, -0.15) is 5.26 Å². The molecule has 0 radical (unpaired) electrons. The normalized spacial score (nSPS) is 23.0. The summed E-state index contributed by atoms with van der Waals surface area (Å²) in [4.78, 5) is 13.6. The molecule has 1 atom stereocenters. The van der Waals surface area contributed by atoms with Gasteiger partial charge in [-0.05, 0) is 20.8 Å². The van der Waals surface area contributed by atoms with Gasteiger partial charge in [0.2, 0.25) is 5.91 Å². The summed E-state index contributed by atoms with van der Waals surface area (Å²) in [6, 6.07) is 2.10. The number of rotatable bonds is 1. The Labute approximate surface area is 84.4 Å². The smallest absolute Gasteiger partial charge is 0.242 e. The van der Waals surface area contributed by atoms with Gasteiger partial charge in [0.15, 0.2) is 0 Å². The Hall–Kier alpha value is -1.08. The van der Waals surface area contributed by atoms with Crippen molar-refractivity contribution in [2.24, 2.45) is 5.41 Å². The van der Waals surface area contributed by atoms with E-state index in [9.17, 15) is 4.79 Å². The van der Waals surface area contributed by atoms with E-state index in [0.717, 1.165) is 0 Å². The van der Waals surface area contributed by atoms with Crippen LogP contribution in [0, 0.1) is 16.7 Å². The van der Waals surface area contributed by atoms with E-state index in [1.807, 2.05) is 13.0 Å². The van der Waals surface area contributed by atoms with Crippen molar-refractivity contribution in [2.75, 3.05) is 19.8 Å². The van der Waals surface area contributed by atoms with Crippen LogP contribution in [-0.4, -0.2) is 36.6 Å². The second-order valence-electron chi connectivity index (χ2n) is 4.16. The first kappa shape index (κ1) is 11.0. The maximum absolute atomic E-state index is 11.9. The summed E-state index contributed by atoms with van der Waals surface area (Å²) < 4.78 is 5.23. The van der Waals surface area contributed by atoms with Crippen LogP contribution < -0.4 is 0 Å². The van der Waals surface area contributed by atoms with Crippen LogP contribution in [0.5, 0.6) is 0 Å². The SMILES string of the molecule is CC1COCCN1C(=O)C(C)(C)C#N. The molecular formula is C10H16N2O2. The zero-order chi connectivity index (χ0) is 10.8. The lowest BCUT2D eigenvalue weighted by Crippen LogP contribution is -2.51. The summed E-state index contributed by atoms with van der Waals surface area (Å²) in [5.74, 6) is -0.101. The number of nitrogens with zero attached hydrogens (tertiary/aromatic N) is 2. The van der Waals surface area contributed by atoms with Gasteiger partial charge in [0.05, 0.1) is 25.3 Å². The number of ether oxygens (including phenoxy) is 1. The lowest BCUT2D eigenvalue weighted by molar-refractivity contribution is -0.145. The Bertz CT molecular complexity index is 268. The Morgan fingerprint density at radius 1 is 1.64 bits per heavy atom. The summed E-state index contributed by atoms with van der Waals surface area (Å²) >= 11 is 0. The van der Waals surface area contributed by atoms with Gasteiger partial charge in [0.25, 0.3) is 0 Å². The zero-order valence-electron chi connectivity index (χ0n) is 8.91. The second-order valence-corrected chi connectivity index (χ2v) is 4.16. The predicted molar refractivity (Wildman–Crippen MR) is 51.4 cm³/mol. The van der Waals surface area contributed by atoms with E-state index in [2.05, 4.69) is 0 Å². The minimum absolute atomic E-state index is 0.0730. The molecular weight excluding hydrogens is 180 g/mol. The minimum Gasteiger partial charge on any atom is -0.377 e. The highest BCUT2D eigenvalue weighted by Gasteiger charge is 2.35. The number of hydrogen-bond donors (Lipinski definition) is 0. The third-order valence-electron chi connectivity index (χ3n) is 2.44. The highest BCUT2D eigenvalue weighted by Crippen LogP contribution is 2.20. The molecule has 0 saturated carbocycles. The summed E-state index contributed by atoms with van der Waals surface area (Å²) in [6.45, 7) is 6.95. The van der Waals surface area contributed by atoms with Crippen LogP contribution in [0.2, 0.25) is 0 Å². The predicted octanol–water partition coefficient (Wildman–Crippen LogP) is 0.783. The molecule has 1 amide bonds. The lowest BCUT2D eigenvalue weighted by atomic mass is 9.93. The van der Waals surface area contributed by atoms with Crippen LogP contribution in [0.25, 0.3) is 0 Å². The van der Waals surface area contributed by atoms with Crippen LogP contribution in [0.3, 0.4) is 0 Å². The van der Waals surface area contributed by atoms with Crippen LogP contribution >= 0.6 is 0 Å². The van der Waals surface area contributed by atoms with Crippen molar-refractivity contribution in [3.05, 3.63) is 0 Å². The molecule has 0 aliphatic carbocycles. The second kappa shape index (κ2) is 3.97. The Morgan fingerprint density at radius 2 is 2.29 bits per heavy atom. The molecule has 4 nitrogen and oxygen atoms in total. The number of carbonyl (C=O) groups is 1. The molecule has 0 aromatic carbocycles. The van der Waals surface area contributed by atoms with Gasteiger partial charge in [0.1, 0.15) is 5.41 Å². The Kier molecular flexibility index (Phi) is 3.12. The largest absolute Gasteiger partial charge is 0.377 e. The molecule has 1 rings (SSSR count). The Balaban J connectivity index is 2.73. The van der Waals surface area contributed by atoms with Crippen molar-refractivity contribution in [3.8, 4) is 6.07 Å². The molecule has 1 aliphatic rings. The number of amides is 1. The third-order valence-corrected chi connectivity index (χ3v) is 2.44. The molecule has 78 valence electrons. The van der Waals surface area contributed by atoms with E-state index >= 15 is 0 Å². The molecule has 1 unspecified atom stereocenters. The van der Waals surface area contributed by atoms with E-state index in [1.165, 1.54) is 0 Å². The summed E-state index contributed by atoms with van der Waals surface area (Å²) in [6.07, 6.45) is 0. The van der Waals surface area contributed by atoms with Crippen molar-refractivity contribution in [1.29, 1.82) is 5.26 Å². The van der Waals surface area contributed by atoms with Crippen LogP contribution in [-0.2, 0) is 9.53 Å². The standard InChI is InChI=1S/C10H16N2O2/c1-8-6-14-5-4-12(8)9(13)10(2,3)7-11/h8H,4-6H2,1-3H3. The fraction of sp³-hybridized carbons (Fsp3) is 0.800. The van der Waals surface area contributed by atoms with Gasteiger partial charge in [0, 0.05) is 6.54 Å². The van der Waals surface area contributed by atoms with E-state index in [1.54, 1.807) is 18.7 Å². The van der Waals surface area contributed by atoms with E-state index < -0.39 is 5.41 Å². The van der Waals surface area contributed by atoms with Crippen molar-refractivity contribution >= 4 is 5.91 Å². The topological polar surface area (TPSA) is 53.3 Å². The maximum Gasteiger partial charge on any atom is 0.242 e. The summed E-state index contributed by atoms with van der Waals surface area (Å²) in [7, 11) is 0. The van der Waals surface area contributed by atoms with Crippen LogP contribution in [0.15, 0.2) is 0 Å². The molecule has 0 aromatic rings. The zero-order valence-corrected chi connectivity index (χ0v) is 8.91. The maximum atomic E-state index is 11.9. The first-order chi connectivity index (χ1) is 6.49. The van der Waals surface area contributed by atoms with Gasteiger partial charge in [-0.15, -0.1) is 0 Å². The number of nitriles is 1. The highest BCUT2D eigenvalue weighted by molar-refractivity contribution is 5.84. The first-order valence-corrected chi connectivity index (χ1v) is 4.79. The van der Waals surface area contributed by atoms with Crippen molar-refractivity contribution < 1.29 is 9.53 Å². The fourth-order valence-corrected chi connectivity index (χ4v) is 1.44. The van der Waals surface area contributed by atoms with E-state index in [-0.39, 0.29) is 11.9 Å². The monoisotopic (exact) mass is 196 g/mol.